The third-order valence-electron chi connectivity index (χ3n) is 2.59. The molecule has 1 rings (SSSR count). The van der Waals surface area contributed by atoms with Gasteiger partial charge in [-0.05, 0) is 53.3 Å². The first-order valence-electron chi connectivity index (χ1n) is 5.51. The summed E-state index contributed by atoms with van der Waals surface area (Å²) < 4.78 is 1.04. The van der Waals surface area contributed by atoms with Gasteiger partial charge in [-0.3, -0.25) is 4.79 Å². The average molecular weight is 367 g/mol. The van der Waals surface area contributed by atoms with Crippen LogP contribution < -0.4 is 11.1 Å². The van der Waals surface area contributed by atoms with E-state index in [0.29, 0.717) is 23.7 Å². The fourth-order valence-corrected chi connectivity index (χ4v) is 2.35. The molecule has 0 fully saturated rings. The zero-order valence-electron chi connectivity index (χ0n) is 9.67. The maximum atomic E-state index is 11.8. The molecule has 0 heterocycles. The van der Waals surface area contributed by atoms with Crippen LogP contribution in [0.2, 0.25) is 5.02 Å². The fraction of sp³-hybridized carbons (Fsp3) is 0.417. The number of anilines is 1. The lowest BCUT2D eigenvalue weighted by Crippen LogP contribution is -2.21. The smallest absolute Gasteiger partial charge is 0.224 e. The number of hydrogen-bond donors (Lipinski definition) is 2. The Kier molecular flexibility index (Phi) is 6.22. The first kappa shape index (κ1) is 14.7. The Balaban J connectivity index is 2.62. The van der Waals surface area contributed by atoms with E-state index in [1.165, 1.54) is 0 Å². The monoisotopic (exact) mass is 366 g/mol. The number of carbonyl (C=O) groups excluding carboxylic acids is 1. The molecule has 94 valence electrons. The topological polar surface area (TPSA) is 55.1 Å². The Bertz CT molecular complexity index is 394. The Labute approximate surface area is 120 Å². The molecule has 0 radical (unpaired) electrons. The van der Waals surface area contributed by atoms with Crippen LogP contribution in [0.5, 0.6) is 0 Å². The first-order valence-corrected chi connectivity index (χ1v) is 6.97. The second-order valence-electron chi connectivity index (χ2n) is 3.89. The highest BCUT2D eigenvalue weighted by Gasteiger charge is 2.11. The van der Waals surface area contributed by atoms with Crippen molar-refractivity contribution in [2.45, 2.75) is 19.8 Å². The maximum absolute atomic E-state index is 11.8. The van der Waals surface area contributed by atoms with Crippen molar-refractivity contribution in [2.75, 3.05) is 11.9 Å². The molecule has 0 saturated heterocycles. The molecule has 0 bridgehead atoms. The van der Waals surface area contributed by atoms with Crippen LogP contribution in [-0.4, -0.2) is 12.5 Å². The molecule has 0 aliphatic carbocycles. The van der Waals surface area contributed by atoms with E-state index in [0.717, 1.165) is 9.99 Å². The summed E-state index contributed by atoms with van der Waals surface area (Å²) in [5.41, 5.74) is 6.22. The highest BCUT2D eigenvalue weighted by atomic mass is 127. The summed E-state index contributed by atoms with van der Waals surface area (Å²) in [7, 11) is 0. The Morgan fingerprint density at radius 3 is 2.82 bits per heavy atom. The average Bonchev–Trinajstić information content (AvgIpc) is 2.29. The summed E-state index contributed by atoms with van der Waals surface area (Å²) in [5.74, 6) is 0.197. The standard InChI is InChI=1S/C12H16ClIN2O/c1-2-8(7-15)5-12(17)16-11-4-3-9(14)6-10(11)13/h3-4,6,8H,2,5,7,15H2,1H3,(H,16,17). The van der Waals surface area contributed by atoms with Crippen LogP contribution in [0.4, 0.5) is 5.69 Å². The highest BCUT2D eigenvalue weighted by molar-refractivity contribution is 14.1. The normalized spacial score (nSPS) is 12.2. The number of hydrogen-bond acceptors (Lipinski definition) is 2. The second kappa shape index (κ2) is 7.18. The molecule has 1 aromatic carbocycles. The van der Waals surface area contributed by atoms with Gasteiger partial charge in [0.25, 0.3) is 0 Å². The van der Waals surface area contributed by atoms with E-state index in [1.807, 2.05) is 25.1 Å². The van der Waals surface area contributed by atoms with Gasteiger partial charge in [0.1, 0.15) is 0 Å². The zero-order valence-corrected chi connectivity index (χ0v) is 12.6. The summed E-state index contributed by atoms with van der Waals surface area (Å²) in [6.45, 7) is 2.56. The van der Waals surface area contributed by atoms with E-state index in [1.54, 1.807) is 0 Å². The third-order valence-corrected chi connectivity index (χ3v) is 3.57. The second-order valence-corrected chi connectivity index (χ2v) is 5.54. The summed E-state index contributed by atoms with van der Waals surface area (Å²) in [4.78, 5) is 11.8. The Hall–Kier alpha value is -0.330. The first-order chi connectivity index (χ1) is 8.06. The lowest BCUT2D eigenvalue weighted by atomic mass is 10.0. The van der Waals surface area contributed by atoms with Gasteiger partial charge >= 0.3 is 0 Å². The van der Waals surface area contributed by atoms with Crippen molar-refractivity contribution >= 4 is 45.8 Å². The molecule has 17 heavy (non-hydrogen) atoms. The summed E-state index contributed by atoms with van der Waals surface area (Å²) in [6.07, 6.45) is 1.35. The molecule has 1 aromatic rings. The van der Waals surface area contributed by atoms with Crippen molar-refractivity contribution in [3.8, 4) is 0 Å². The highest BCUT2D eigenvalue weighted by Crippen LogP contribution is 2.24. The van der Waals surface area contributed by atoms with Gasteiger partial charge in [0.2, 0.25) is 5.91 Å². The molecule has 0 aliphatic heterocycles. The molecular weight excluding hydrogens is 351 g/mol. The molecule has 0 aliphatic rings. The number of rotatable bonds is 5. The van der Waals surface area contributed by atoms with Gasteiger partial charge in [-0.1, -0.05) is 24.9 Å². The van der Waals surface area contributed by atoms with E-state index in [-0.39, 0.29) is 11.8 Å². The number of halogens is 2. The minimum atomic E-state index is -0.0367. The van der Waals surface area contributed by atoms with Crippen molar-refractivity contribution < 1.29 is 4.79 Å². The van der Waals surface area contributed by atoms with Gasteiger partial charge in [-0.15, -0.1) is 0 Å². The van der Waals surface area contributed by atoms with Crippen LogP contribution in [0, 0.1) is 9.49 Å². The number of nitrogens with two attached hydrogens (primary N) is 1. The van der Waals surface area contributed by atoms with Crippen LogP contribution >= 0.6 is 34.2 Å². The van der Waals surface area contributed by atoms with Crippen molar-refractivity contribution in [1.29, 1.82) is 0 Å². The molecule has 1 atom stereocenters. The third kappa shape index (κ3) is 4.81. The quantitative estimate of drug-likeness (QED) is 0.786. The molecule has 5 heteroatoms. The van der Waals surface area contributed by atoms with Crippen molar-refractivity contribution in [1.82, 2.24) is 0 Å². The van der Waals surface area contributed by atoms with E-state index in [4.69, 9.17) is 17.3 Å². The van der Waals surface area contributed by atoms with Crippen LogP contribution in [0.15, 0.2) is 18.2 Å². The van der Waals surface area contributed by atoms with Gasteiger partial charge in [0.15, 0.2) is 0 Å². The maximum Gasteiger partial charge on any atom is 0.224 e. The Morgan fingerprint density at radius 1 is 1.59 bits per heavy atom. The minimum Gasteiger partial charge on any atom is -0.330 e. The minimum absolute atomic E-state index is 0.0367. The fourth-order valence-electron chi connectivity index (χ4n) is 1.45. The molecule has 0 saturated carbocycles. The van der Waals surface area contributed by atoms with E-state index in [2.05, 4.69) is 27.9 Å². The summed E-state index contributed by atoms with van der Waals surface area (Å²) in [5, 5.41) is 3.37. The van der Waals surface area contributed by atoms with Gasteiger partial charge in [0.05, 0.1) is 10.7 Å². The predicted octanol–water partition coefficient (Wildman–Crippen LogP) is 3.26. The predicted molar refractivity (Wildman–Crippen MR) is 80.3 cm³/mol. The number of benzene rings is 1. The molecule has 1 amide bonds. The zero-order chi connectivity index (χ0) is 12.8. The van der Waals surface area contributed by atoms with Crippen LogP contribution in [0.3, 0.4) is 0 Å². The molecule has 3 nitrogen and oxygen atoms in total. The molecular formula is C12H16ClIN2O. The lowest BCUT2D eigenvalue weighted by Gasteiger charge is -2.12. The molecule has 1 unspecified atom stereocenters. The molecule has 3 N–H and O–H groups in total. The van der Waals surface area contributed by atoms with Crippen LogP contribution in [-0.2, 0) is 4.79 Å². The number of amides is 1. The number of carbonyl (C=O) groups is 1. The summed E-state index contributed by atoms with van der Waals surface area (Å²) in [6, 6.07) is 5.53. The van der Waals surface area contributed by atoms with E-state index in [9.17, 15) is 4.79 Å². The van der Waals surface area contributed by atoms with Crippen molar-refractivity contribution in [3.05, 3.63) is 26.8 Å². The number of nitrogens with one attached hydrogen (secondary N) is 1. The van der Waals surface area contributed by atoms with Gasteiger partial charge in [-0.2, -0.15) is 0 Å². The van der Waals surface area contributed by atoms with Gasteiger partial charge < -0.3 is 11.1 Å². The van der Waals surface area contributed by atoms with Crippen molar-refractivity contribution in [3.63, 3.8) is 0 Å². The van der Waals surface area contributed by atoms with Crippen LogP contribution in [0.25, 0.3) is 0 Å². The molecule has 0 spiro atoms. The van der Waals surface area contributed by atoms with Crippen LogP contribution in [0.1, 0.15) is 19.8 Å². The largest absolute Gasteiger partial charge is 0.330 e. The Morgan fingerprint density at radius 2 is 2.29 bits per heavy atom. The lowest BCUT2D eigenvalue weighted by molar-refractivity contribution is -0.117. The van der Waals surface area contributed by atoms with Crippen molar-refractivity contribution in [2.24, 2.45) is 11.7 Å². The SMILES string of the molecule is CCC(CN)CC(=O)Nc1ccc(I)cc1Cl. The molecule has 0 aromatic heterocycles. The summed E-state index contributed by atoms with van der Waals surface area (Å²) >= 11 is 8.21. The van der Waals surface area contributed by atoms with Gasteiger partial charge in [-0.25, -0.2) is 0 Å². The van der Waals surface area contributed by atoms with Gasteiger partial charge in [0, 0.05) is 9.99 Å². The van der Waals surface area contributed by atoms with E-state index < -0.39 is 0 Å². The van der Waals surface area contributed by atoms with E-state index >= 15 is 0 Å².